The van der Waals surface area contributed by atoms with E-state index in [1.165, 1.54) is 0 Å². The predicted molar refractivity (Wildman–Crippen MR) is 67.9 cm³/mol. The Morgan fingerprint density at radius 1 is 1.50 bits per heavy atom. The zero-order valence-electron chi connectivity index (χ0n) is 10.6. The molecule has 0 saturated carbocycles. The van der Waals surface area contributed by atoms with Crippen LogP contribution >= 0.6 is 0 Å². The molecule has 0 aliphatic carbocycles. The van der Waals surface area contributed by atoms with E-state index < -0.39 is 4.92 Å². The maximum Gasteiger partial charge on any atom is 0.352 e. The van der Waals surface area contributed by atoms with Gasteiger partial charge in [0.2, 0.25) is 5.95 Å². The number of nitrogens with zero attached hydrogens (tertiary/aromatic N) is 3. The quantitative estimate of drug-likeness (QED) is 0.473. The van der Waals surface area contributed by atoms with Crippen LogP contribution in [-0.4, -0.2) is 28.0 Å². The Kier molecular flexibility index (Phi) is 5.04. The molecule has 1 N–H and O–H groups in total. The van der Waals surface area contributed by atoms with Crippen LogP contribution in [0.1, 0.15) is 19.5 Å². The first-order valence-corrected chi connectivity index (χ1v) is 5.61. The summed E-state index contributed by atoms with van der Waals surface area (Å²) in [7, 11) is 0. The van der Waals surface area contributed by atoms with E-state index in [4.69, 9.17) is 4.74 Å². The van der Waals surface area contributed by atoms with E-state index in [1.54, 1.807) is 19.1 Å². The molecule has 7 nitrogen and oxygen atoms in total. The van der Waals surface area contributed by atoms with Gasteiger partial charge >= 0.3 is 5.69 Å². The number of anilines is 1. The van der Waals surface area contributed by atoms with Gasteiger partial charge in [-0.3, -0.25) is 10.1 Å². The van der Waals surface area contributed by atoms with Crippen molar-refractivity contribution >= 4 is 11.6 Å². The lowest BCUT2D eigenvalue weighted by molar-refractivity contribution is -0.387. The molecule has 1 aromatic rings. The molecule has 7 heteroatoms. The summed E-state index contributed by atoms with van der Waals surface area (Å²) in [5.41, 5.74) is 0.0857. The van der Waals surface area contributed by atoms with Gasteiger partial charge in [0.1, 0.15) is 12.3 Å². The van der Waals surface area contributed by atoms with E-state index in [0.717, 1.165) is 0 Å². The van der Waals surface area contributed by atoms with Gasteiger partial charge in [0, 0.05) is 6.54 Å². The van der Waals surface area contributed by atoms with Crippen molar-refractivity contribution in [1.29, 1.82) is 0 Å². The molecule has 0 atom stereocenters. The molecule has 0 spiro atoms. The lowest BCUT2D eigenvalue weighted by Crippen LogP contribution is -2.09. The first-order valence-electron chi connectivity index (χ1n) is 5.61. The van der Waals surface area contributed by atoms with Gasteiger partial charge in [-0.05, 0) is 20.8 Å². The molecule has 0 aliphatic heterocycles. The number of allylic oxidation sites excluding steroid dienone is 1. The first-order chi connectivity index (χ1) is 8.60. The van der Waals surface area contributed by atoms with Crippen LogP contribution in [0.2, 0.25) is 0 Å². The summed E-state index contributed by atoms with van der Waals surface area (Å²) in [6.45, 7) is 6.15. The Balaban J connectivity index is 3.11. The fourth-order valence-electron chi connectivity index (χ4n) is 1.31. The SMILES string of the molecule is C/C=C/COc1nc(NCC)nc(C)c1[N+](=O)[O-]. The molecule has 0 amide bonds. The van der Waals surface area contributed by atoms with Gasteiger partial charge in [-0.1, -0.05) is 12.2 Å². The maximum absolute atomic E-state index is 11.0. The van der Waals surface area contributed by atoms with Gasteiger partial charge in [-0.15, -0.1) is 0 Å². The number of rotatable bonds is 6. The molecule has 0 radical (unpaired) electrons. The van der Waals surface area contributed by atoms with Crippen molar-refractivity contribution in [3.05, 3.63) is 28.0 Å². The monoisotopic (exact) mass is 252 g/mol. The van der Waals surface area contributed by atoms with Crippen molar-refractivity contribution in [3.63, 3.8) is 0 Å². The molecule has 0 aliphatic rings. The van der Waals surface area contributed by atoms with E-state index in [2.05, 4.69) is 15.3 Å². The molecule has 18 heavy (non-hydrogen) atoms. The number of hydrogen-bond donors (Lipinski definition) is 1. The second kappa shape index (κ2) is 6.53. The number of nitrogens with one attached hydrogen (secondary N) is 1. The summed E-state index contributed by atoms with van der Waals surface area (Å²) in [6, 6.07) is 0. The maximum atomic E-state index is 11.0. The number of ether oxygens (including phenoxy) is 1. The zero-order chi connectivity index (χ0) is 13.5. The van der Waals surface area contributed by atoms with E-state index in [0.29, 0.717) is 12.5 Å². The minimum atomic E-state index is -0.532. The second-order valence-corrected chi connectivity index (χ2v) is 3.45. The van der Waals surface area contributed by atoms with Crippen LogP contribution in [0.4, 0.5) is 11.6 Å². The van der Waals surface area contributed by atoms with Crippen LogP contribution in [0.15, 0.2) is 12.2 Å². The number of aryl methyl sites for hydroxylation is 1. The summed E-state index contributed by atoms with van der Waals surface area (Å²) >= 11 is 0. The van der Waals surface area contributed by atoms with Crippen molar-refractivity contribution in [2.75, 3.05) is 18.5 Å². The number of nitro groups is 1. The van der Waals surface area contributed by atoms with E-state index in [9.17, 15) is 10.1 Å². The lowest BCUT2D eigenvalue weighted by Gasteiger charge is -2.08. The molecule has 0 unspecified atom stereocenters. The van der Waals surface area contributed by atoms with Crippen LogP contribution in [0.3, 0.4) is 0 Å². The largest absolute Gasteiger partial charge is 0.468 e. The fraction of sp³-hybridized carbons (Fsp3) is 0.455. The Morgan fingerprint density at radius 2 is 2.22 bits per heavy atom. The highest BCUT2D eigenvalue weighted by atomic mass is 16.6. The molecular formula is C11H16N4O3. The third-order valence-corrected chi connectivity index (χ3v) is 2.10. The Hall–Kier alpha value is -2.18. The third-order valence-electron chi connectivity index (χ3n) is 2.10. The van der Waals surface area contributed by atoms with E-state index >= 15 is 0 Å². The lowest BCUT2D eigenvalue weighted by atomic mass is 10.3. The summed E-state index contributed by atoms with van der Waals surface area (Å²) in [6.07, 6.45) is 3.54. The molecule has 0 saturated heterocycles. The highest BCUT2D eigenvalue weighted by Gasteiger charge is 2.23. The van der Waals surface area contributed by atoms with Crippen LogP contribution < -0.4 is 10.1 Å². The van der Waals surface area contributed by atoms with Gasteiger partial charge in [-0.2, -0.15) is 4.98 Å². The minimum absolute atomic E-state index is 0.0125. The molecule has 1 heterocycles. The molecule has 0 aromatic carbocycles. The van der Waals surface area contributed by atoms with Gasteiger partial charge in [0.25, 0.3) is 5.88 Å². The van der Waals surface area contributed by atoms with E-state index in [1.807, 2.05) is 13.8 Å². The number of aromatic nitrogens is 2. The Labute approximate surface area is 105 Å². The molecular weight excluding hydrogens is 236 g/mol. The van der Waals surface area contributed by atoms with Crippen molar-refractivity contribution < 1.29 is 9.66 Å². The van der Waals surface area contributed by atoms with Gasteiger partial charge in [0.15, 0.2) is 0 Å². The van der Waals surface area contributed by atoms with Crippen LogP contribution in [-0.2, 0) is 0 Å². The summed E-state index contributed by atoms with van der Waals surface area (Å²) in [4.78, 5) is 18.4. The Morgan fingerprint density at radius 3 is 2.78 bits per heavy atom. The smallest absolute Gasteiger partial charge is 0.352 e. The van der Waals surface area contributed by atoms with Crippen LogP contribution in [0.5, 0.6) is 5.88 Å². The molecule has 1 rings (SSSR count). The minimum Gasteiger partial charge on any atom is -0.468 e. The Bertz CT molecular complexity index is 460. The molecule has 0 bridgehead atoms. The van der Waals surface area contributed by atoms with E-state index in [-0.39, 0.29) is 23.9 Å². The average molecular weight is 252 g/mol. The average Bonchev–Trinajstić information content (AvgIpc) is 2.28. The third kappa shape index (κ3) is 3.41. The van der Waals surface area contributed by atoms with Crippen molar-refractivity contribution in [2.24, 2.45) is 0 Å². The van der Waals surface area contributed by atoms with Gasteiger partial charge < -0.3 is 10.1 Å². The van der Waals surface area contributed by atoms with Gasteiger partial charge in [0.05, 0.1) is 4.92 Å². The second-order valence-electron chi connectivity index (χ2n) is 3.45. The molecule has 98 valence electrons. The fourth-order valence-corrected chi connectivity index (χ4v) is 1.31. The normalized spacial score (nSPS) is 10.6. The predicted octanol–water partition coefficient (Wildman–Crippen LogP) is 2.08. The summed E-state index contributed by atoms with van der Waals surface area (Å²) in [5.74, 6) is 0.317. The number of hydrogen-bond acceptors (Lipinski definition) is 6. The standard InChI is InChI=1S/C11H16N4O3/c1-4-6-7-18-10-9(15(16)17)8(3)13-11(14-10)12-5-2/h4,6H,5,7H2,1-3H3,(H,12,13,14)/b6-4+. The van der Waals surface area contributed by atoms with Gasteiger partial charge in [-0.25, -0.2) is 4.98 Å². The van der Waals surface area contributed by atoms with Crippen molar-refractivity contribution in [3.8, 4) is 5.88 Å². The topological polar surface area (TPSA) is 90.2 Å². The first kappa shape index (κ1) is 13.9. The van der Waals surface area contributed by atoms with Crippen molar-refractivity contribution in [1.82, 2.24) is 9.97 Å². The summed E-state index contributed by atoms with van der Waals surface area (Å²) < 4.78 is 5.29. The summed E-state index contributed by atoms with van der Waals surface area (Å²) in [5, 5.41) is 13.9. The van der Waals surface area contributed by atoms with Crippen molar-refractivity contribution in [2.45, 2.75) is 20.8 Å². The molecule has 0 fully saturated rings. The molecule has 1 aromatic heterocycles. The highest BCUT2D eigenvalue weighted by Crippen LogP contribution is 2.28. The highest BCUT2D eigenvalue weighted by molar-refractivity contribution is 5.48. The van der Waals surface area contributed by atoms with Crippen LogP contribution in [0, 0.1) is 17.0 Å². The van der Waals surface area contributed by atoms with Crippen LogP contribution in [0.25, 0.3) is 0 Å². The zero-order valence-corrected chi connectivity index (χ0v) is 10.6.